The van der Waals surface area contributed by atoms with Crippen LogP contribution in [0.1, 0.15) is 113 Å². The first-order valence-corrected chi connectivity index (χ1v) is 13.6. The van der Waals surface area contributed by atoms with Crippen molar-refractivity contribution >= 4 is 5.97 Å². The SMILES string of the molecule is C/C(=C\CC[C@@H](C)C1CC[C@@]2(C)C3=C(CC[C@]12C)[C@@]1(C)CC[C@H](O)C(C)(C)C1CC3)C(=O)O. The Bertz CT molecular complexity index is 866. The molecular formula is C30H48O3. The summed E-state index contributed by atoms with van der Waals surface area (Å²) in [7, 11) is 0. The lowest BCUT2D eigenvalue weighted by atomic mass is 9.43. The number of aliphatic carboxylic acids is 1. The molecule has 33 heavy (non-hydrogen) atoms. The summed E-state index contributed by atoms with van der Waals surface area (Å²) in [4.78, 5) is 11.1. The minimum Gasteiger partial charge on any atom is -0.478 e. The number of hydrogen-bond donors (Lipinski definition) is 2. The smallest absolute Gasteiger partial charge is 0.330 e. The number of carbonyl (C=O) groups is 1. The van der Waals surface area contributed by atoms with Crippen LogP contribution < -0.4 is 0 Å². The summed E-state index contributed by atoms with van der Waals surface area (Å²) in [6, 6.07) is 0. The Morgan fingerprint density at radius 3 is 2.39 bits per heavy atom. The Balaban J connectivity index is 1.60. The molecule has 4 aliphatic carbocycles. The van der Waals surface area contributed by atoms with E-state index in [1.165, 1.54) is 38.5 Å². The molecule has 2 saturated carbocycles. The standard InChI is InChI=1S/C30H48O3/c1-19(9-8-10-20(2)26(32)33)21-13-17-30(7)23-11-12-24-27(3,4)25(31)15-16-28(24,5)22(23)14-18-29(21,30)6/h10,19,21,24-25,31H,8-9,11-18H2,1-7H3,(H,32,33)/b20-10+/t19-,21?,24?,25+,28-,29-,30+/m1/s1. The third-order valence-electron chi connectivity index (χ3n) is 11.9. The fourth-order valence-corrected chi connectivity index (χ4v) is 9.48. The minimum atomic E-state index is -0.794. The van der Waals surface area contributed by atoms with Gasteiger partial charge in [0.1, 0.15) is 0 Å². The fraction of sp³-hybridized carbons (Fsp3) is 0.833. The van der Waals surface area contributed by atoms with Gasteiger partial charge in [0.25, 0.3) is 0 Å². The predicted octanol–water partition coefficient (Wildman–Crippen LogP) is 7.54. The van der Waals surface area contributed by atoms with Crippen LogP contribution in [0.4, 0.5) is 0 Å². The summed E-state index contributed by atoms with van der Waals surface area (Å²) >= 11 is 0. The monoisotopic (exact) mass is 456 g/mol. The van der Waals surface area contributed by atoms with Gasteiger partial charge in [0.2, 0.25) is 0 Å². The highest BCUT2D eigenvalue weighted by atomic mass is 16.4. The molecule has 3 heteroatoms. The number of hydrogen-bond acceptors (Lipinski definition) is 2. The van der Waals surface area contributed by atoms with E-state index in [1.54, 1.807) is 18.1 Å². The molecule has 0 radical (unpaired) electrons. The summed E-state index contributed by atoms with van der Waals surface area (Å²) < 4.78 is 0. The van der Waals surface area contributed by atoms with Gasteiger partial charge in [-0.25, -0.2) is 4.79 Å². The van der Waals surface area contributed by atoms with Gasteiger partial charge >= 0.3 is 5.97 Å². The Labute approximate surface area is 202 Å². The maximum absolute atomic E-state index is 11.1. The number of aliphatic hydroxyl groups is 1. The van der Waals surface area contributed by atoms with Crippen LogP contribution in [-0.2, 0) is 4.79 Å². The van der Waals surface area contributed by atoms with Gasteiger partial charge in [0.15, 0.2) is 0 Å². The summed E-state index contributed by atoms with van der Waals surface area (Å²) in [6.07, 6.45) is 13.3. The minimum absolute atomic E-state index is 0.00150. The lowest BCUT2D eigenvalue weighted by Gasteiger charge is -2.62. The molecule has 0 heterocycles. The first-order chi connectivity index (χ1) is 15.3. The Kier molecular flexibility index (Phi) is 6.25. The van der Waals surface area contributed by atoms with Gasteiger partial charge in [0, 0.05) is 5.57 Å². The van der Waals surface area contributed by atoms with Crippen LogP contribution in [0.2, 0.25) is 0 Å². The molecule has 0 bridgehead atoms. The third kappa shape index (κ3) is 3.58. The lowest BCUT2D eigenvalue weighted by Crippen LogP contribution is -2.55. The van der Waals surface area contributed by atoms with Crippen LogP contribution in [0.25, 0.3) is 0 Å². The summed E-state index contributed by atoms with van der Waals surface area (Å²) in [5.74, 6) is 1.12. The zero-order valence-corrected chi connectivity index (χ0v) is 22.3. The summed E-state index contributed by atoms with van der Waals surface area (Å²) in [6.45, 7) is 16.5. The molecule has 0 amide bonds. The second-order valence-corrected chi connectivity index (χ2v) is 13.5. The predicted molar refractivity (Wildman–Crippen MR) is 135 cm³/mol. The number of aliphatic hydroxyl groups excluding tert-OH is 1. The molecule has 186 valence electrons. The number of fused-ring (bicyclic) bond motifs is 4. The molecule has 0 aromatic carbocycles. The van der Waals surface area contributed by atoms with E-state index in [9.17, 15) is 9.90 Å². The van der Waals surface area contributed by atoms with E-state index in [2.05, 4.69) is 41.5 Å². The molecule has 0 aromatic rings. The highest BCUT2D eigenvalue weighted by molar-refractivity contribution is 5.85. The van der Waals surface area contributed by atoms with Crippen molar-refractivity contribution in [3.8, 4) is 0 Å². The van der Waals surface area contributed by atoms with Crippen LogP contribution in [0, 0.1) is 39.4 Å². The zero-order chi connectivity index (χ0) is 24.4. The van der Waals surface area contributed by atoms with Crippen molar-refractivity contribution in [1.29, 1.82) is 0 Å². The van der Waals surface area contributed by atoms with Gasteiger partial charge in [-0.3, -0.25) is 0 Å². The van der Waals surface area contributed by atoms with E-state index in [-0.39, 0.29) is 16.9 Å². The van der Waals surface area contributed by atoms with Crippen molar-refractivity contribution in [2.75, 3.05) is 0 Å². The van der Waals surface area contributed by atoms with Crippen LogP contribution >= 0.6 is 0 Å². The van der Waals surface area contributed by atoms with Crippen molar-refractivity contribution in [2.45, 2.75) is 119 Å². The van der Waals surface area contributed by atoms with Crippen molar-refractivity contribution in [2.24, 2.45) is 39.4 Å². The van der Waals surface area contributed by atoms with Crippen molar-refractivity contribution in [3.63, 3.8) is 0 Å². The van der Waals surface area contributed by atoms with Crippen molar-refractivity contribution in [1.82, 2.24) is 0 Å². The molecule has 2 fully saturated rings. The van der Waals surface area contributed by atoms with E-state index < -0.39 is 5.97 Å². The van der Waals surface area contributed by atoms with Gasteiger partial charge in [0.05, 0.1) is 6.10 Å². The average molecular weight is 457 g/mol. The van der Waals surface area contributed by atoms with E-state index in [1.807, 2.05) is 6.08 Å². The maximum atomic E-state index is 11.1. The highest BCUT2D eigenvalue weighted by Gasteiger charge is 2.63. The average Bonchev–Trinajstić information content (AvgIpc) is 3.02. The fourth-order valence-electron chi connectivity index (χ4n) is 9.48. The molecule has 2 N–H and O–H groups in total. The first kappa shape index (κ1) is 25.0. The van der Waals surface area contributed by atoms with Crippen LogP contribution in [0.15, 0.2) is 22.8 Å². The lowest BCUT2D eigenvalue weighted by molar-refractivity contribution is -0.132. The molecule has 0 saturated heterocycles. The molecule has 7 atom stereocenters. The molecule has 2 unspecified atom stereocenters. The third-order valence-corrected chi connectivity index (χ3v) is 11.9. The summed E-state index contributed by atoms with van der Waals surface area (Å²) in [5, 5.41) is 20.0. The summed E-state index contributed by atoms with van der Waals surface area (Å²) in [5.41, 5.74) is 4.95. The number of carboxylic acid groups (broad SMARTS) is 1. The molecule has 3 nitrogen and oxygen atoms in total. The topological polar surface area (TPSA) is 57.5 Å². The first-order valence-electron chi connectivity index (χ1n) is 13.6. The van der Waals surface area contributed by atoms with Gasteiger partial charge < -0.3 is 10.2 Å². The Hall–Kier alpha value is -1.09. The van der Waals surface area contributed by atoms with E-state index >= 15 is 0 Å². The second-order valence-electron chi connectivity index (χ2n) is 13.5. The van der Waals surface area contributed by atoms with Crippen LogP contribution in [-0.4, -0.2) is 22.3 Å². The second kappa shape index (κ2) is 8.25. The van der Waals surface area contributed by atoms with E-state index in [4.69, 9.17) is 5.11 Å². The van der Waals surface area contributed by atoms with Crippen molar-refractivity contribution < 1.29 is 15.0 Å². The van der Waals surface area contributed by atoms with Gasteiger partial charge in [-0.2, -0.15) is 0 Å². The molecule has 0 aromatic heterocycles. The Morgan fingerprint density at radius 1 is 1.03 bits per heavy atom. The van der Waals surface area contributed by atoms with Gasteiger partial charge in [-0.05, 0) is 111 Å². The van der Waals surface area contributed by atoms with E-state index in [0.29, 0.717) is 34.2 Å². The molecule has 0 spiro atoms. The van der Waals surface area contributed by atoms with Gasteiger partial charge in [-0.15, -0.1) is 0 Å². The number of carboxylic acids is 1. The quantitative estimate of drug-likeness (QED) is 0.332. The maximum Gasteiger partial charge on any atom is 0.330 e. The molecule has 0 aliphatic heterocycles. The molecule has 4 aliphatic rings. The van der Waals surface area contributed by atoms with E-state index in [0.717, 1.165) is 25.7 Å². The Morgan fingerprint density at radius 2 is 1.73 bits per heavy atom. The highest BCUT2D eigenvalue weighted by Crippen LogP contribution is 2.72. The van der Waals surface area contributed by atoms with Crippen LogP contribution in [0.3, 0.4) is 0 Å². The zero-order valence-electron chi connectivity index (χ0n) is 22.3. The molecule has 4 rings (SSSR count). The largest absolute Gasteiger partial charge is 0.478 e. The number of rotatable bonds is 5. The normalized spacial score (nSPS) is 43.5. The number of allylic oxidation sites excluding steroid dienone is 3. The molecular weight excluding hydrogens is 408 g/mol. The van der Waals surface area contributed by atoms with Crippen LogP contribution in [0.5, 0.6) is 0 Å². The van der Waals surface area contributed by atoms with Crippen molar-refractivity contribution in [3.05, 3.63) is 22.8 Å². The van der Waals surface area contributed by atoms with Gasteiger partial charge in [-0.1, -0.05) is 58.8 Å².